The van der Waals surface area contributed by atoms with Crippen molar-refractivity contribution in [2.45, 2.75) is 27.2 Å². The molecule has 1 heterocycles. The van der Waals surface area contributed by atoms with Crippen molar-refractivity contribution in [2.75, 3.05) is 26.2 Å². The number of allylic oxidation sites excluding steroid dienone is 1. The van der Waals surface area contributed by atoms with Crippen molar-refractivity contribution in [2.24, 2.45) is 0 Å². The Hall–Kier alpha value is -1.52. The molecule has 5 heteroatoms. The van der Waals surface area contributed by atoms with Crippen molar-refractivity contribution in [3.05, 3.63) is 11.8 Å². The fraction of sp³-hybridized carbons (Fsp3) is 0.667. The van der Waals surface area contributed by atoms with Gasteiger partial charge in [-0.05, 0) is 13.3 Å². The first-order valence-electron chi connectivity index (χ1n) is 6.01. The molecule has 3 amide bonds. The smallest absolute Gasteiger partial charge is 0.321 e. The zero-order valence-electron chi connectivity index (χ0n) is 10.8. The van der Waals surface area contributed by atoms with Crippen LogP contribution in [0.2, 0.25) is 0 Å². The van der Waals surface area contributed by atoms with Crippen molar-refractivity contribution in [3.8, 4) is 0 Å². The van der Waals surface area contributed by atoms with Crippen LogP contribution in [0, 0.1) is 0 Å². The molecule has 0 aliphatic carbocycles. The summed E-state index contributed by atoms with van der Waals surface area (Å²) in [5.41, 5.74) is 1.14. The standard InChI is InChI=1S/C12H21N3O2/c1-4-10(2)9-13-12(17)15-7-5-14(6-8-15)11(3)16/h9H,4-8H2,1-3H3,(H,13,17)/b10-9+. The van der Waals surface area contributed by atoms with Crippen LogP contribution in [-0.4, -0.2) is 47.9 Å². The maximum absolute atomic E-state index is 11.8. The van der Waals surface area contributed by atoms with E-state index in [0.717, 1.165) is 12.0 Å². The molecule has 1 N–H and O–H groups in total. The molecule has 0 unspecified atom stereocenters. The normalized spacial score (nSPS) is 17.0. The Morgan fingerprint density at radius 3 is 2.12 bits per heavy atom. The van der Waals surface area contributed by atoms with Crippen molar-refractivity contribution >= 4 is 11.9 Å². The van der Waals surface area contributed by atoms with Crippen LogP contribution in [0.5, 0.6) is 0 Å². The van der Waals surface area contributed by atoms with Crippen molar-refractivity contribution in [1.82, 2.24) is 15.1 Å². The molecule has 5 nitrogen and oxygen atoms in total. The zero-order valence-corrected chi connectivity index (χ0v) is 10.8. The van der Waals surface area contributed by atoms with Gasteiger partial charge in [-0.15, -0.1) is 0 Å². The molecule has 0 aromatic rings. The number of rotatable bonds is 2. The van der Waals surface area contributed by atoms with Crippen LogP contribution in [0.1, 0.15) is 27.2 Å². The van der Waals surface area contributed by atoms with Gasteiger partial charge in [-0.25, -0.2) is 4.79 Å². The minimum absolute atomic E-state index is 0.0757. The third-order valence-corrected chi connectivity index (χ3v) is 3.01. The molecule has 0 spiro atoms. The SMILES string of the molecule is CC/C(C)=C/NC(=O)N1CCN(C(C)=O)CC1. The average Bonchev–Trinajstić information content (AvgIpc) is 2.35. The quantitative estimate of drug-likeness (QED) is 0.786. The minimum Gasteiger partial charge on any atom is -0.339 e. The molecule has 0 aromatic carbocycles. The number of hydrogen-bond acceptors (Lipinski definition) is 2. The fourth-order valence-electron chi connectivity index (χ4n) is 1.60. The molecule has 1 aliphatic heterocycles. The lowest BCUT2D eigenvalue weighted by Crippen LogP contribution is -2.52. The second-order valence-electron chi connectivity index (χ2n) is 4.29. The van der Waals surface area contributed by atoms with Gasteiger partial charge in [0.05, 0.1) is 0 Å². The highest BCUT2D eigenvalue weighted by molar-refractivity contribution is 5.76. The Balaban J connectivity index is 2.38. The van der Waals surface area contributed by atoms with Gasteiger partial charge in [0.1, 0.15) is 0 Å². The van der Waals surface area contributed by atoms with Gasteiger partial charge in [-0.2, -0.15) is 0 Å². The lowest BCUT2D eigenvalue weighted by atomic mass is 10.2. The molecule has 0 aromatic heterocycles. The first kappa shape index (κ1) is 13.5. The predicted molar refractivity (Wildman–Crippen MR) is 66.4 cm³/mol. The molecule has 1 saturated heterocycles. The van der Waals surface area contributed by atoms with E-state index in [1.807, 2.05) is 13.8 Å². The summed E-state index contributed by atoms with van der Waals surface area (Å²) in [6.45, 7) is 8.04. The highest BCUT2D eigenvalue weighted by atomic mass is 16.2. The van der Waals surface area contributed by atoms with E-state index in [0.29, 0.717) is 26.2 Å². The lowest BCUT2D eigenvalue weighted by Gasteiger charge is -2.33. The molecule has 17 heavy (non-hydrogen) atoms. The van der Waals surface area contributed by atoms with Crippen molar-refractivity contribution in [1.29, 1.82) is 0 Å². The van der Waals surface area contributed by atoms with Gasteiger partial charge < -0.3 is 15.1 Å². The highest BCUT2D eigenvalue weighted by Gasteiger charge is 2.21. The summed E-state index contributed by atoms with van der Waals surface area (Å²) in [5.74, 6) is 0.0757. The van der Waals surface area contributed by atoms with Gasteiger partial charge >= 0.3 is 6.03 Å². The molecular weight excluding hydrogens is 218 g/mol. The Labute approximate surface area is 102 Å². The first-order chi connectivity index (χ1) is 8.04. The van der Waals surface area contributed by atoms with E-state index in [9.17, 15) is 9.59 Å². The van der Waals surface area contributed by atoms with Crippen LogP contribution in [0.3, 0.4) is 0 Å². The molecular formula is C12H21N3O2. The van der Waals surface area contributed by atoms with E-state index >= 15 is 0 Å². The van der Waals surface area contributed by atoms with E-state index in [2.05, 4.69) is 5.32 Å². The van der Waals surface area contributed by atoms with Crippen LogP contribution in [-0.2, 0) is 4.79 Å². The van der Waals surface area contributed by atoms with E-state index in [1.165, 1.54) is 0 Å². The zero-order chi connectivity index (χ0) is 12.8. The summed E-state index contributed by atoms with van der Waals surface area (Å²) >= 11 is 0. The van der Waals surface area contributed by atoms with Gasteiger partial charge in [0.25, 0.3) is 0 Å². The third kappa shape index (κ3) is 4.09. The van der Waals surface area contributed by atoms with Crippen molar-refractivity contribution in [3.63, 3.8) is 0 Å². The monoisotopic (exact) mass is 239 g/mol. The number of nitrogens with zero attached hydrogens (tertiary/aromatic N) is 2. The van der Waals surface area contributed by atoms with Gasteiger partial charge in [-0.3, -0.25) is 4.79 Å². The summed E-state index contributed by atoms with van der Waals surface area (Å²) in [7, 11) is 0. The summed E-state index contributed by atoms with van der Waals surface area (Å²) in [5, 5.41) is 2.77. The largest absolute Gasteiger partial charge is 0.339 e. The number of amides is 3. The maximum Gasteiger partial charge on any atom is 0.321 e. The number of nitrogens with one attached hydrogen (secondary N) is 1. The summed E-state index contributed by atoms with van der Waals surface area (Å²) < 4.78 is 0. The number of carbonyl (C=O) groups excluding carboxylic acids is 2. The minimum atomic E-state index is -0.0824. The summed E-state index contributed by atoms with van der Waals surface area (Å²) in [6, 6.07) is -0.0824. The average molecular weight is 239 g/mol. The van der Waals surface area contributed by atoms with Crippen molar-refractivity contribution < 1.29 is 9.59 Å². The maximum atomic E-state index is 11.8. The number of urea groups is 1. The summed E-state index contributed by atoms with van der Waals surface area (Å²) in [6.07, 6.45) is 2.68. The number of piperazine rings is 1. The second-order valence-corrected chi connectivity index (χ2v) is 4.29. The number of hydrogen-bond donors (Lipinski definition) is 1. The first-order valence-corrected chi connectivity index (χ1v) is 6.01. The van der Waals surface area contributed by atoms with Gasteiger partial charge in [-0.1, -0.05) is 12.5 Å². The molecule has 0 radical (unpaired) electrons. The molecule has 1 rings (SSSR count). The molecule has 0 atom stereocenters. The van der Waals surface area contributed by atoms with Crippen LogP contribution in [0.25, 0.3) is 0 Å². The molecule has 1 fully saturated rings. The Bertz CT molecular complexity index is 318. The Morgan fingerprint density at radius 2 is 1.65 bits per heavy atom. The van der Waals surface area contributed by atoms with Crippen LogP contribution in [0.15, 0.2) is 11.8 Å². The topological polar surface area (TPSA) is 52.7 Å². The number of carbonyl (C=O) groups is 2. The Kier molecular flexibility index (Phi) is 5.00. The Morgan fingerprint density at radius 1 is 1.12 bits per heavy atom. The molecule has 96 valence electrons. The van der Waals surface area contributed by atoms with Crippen LogP contribution < -0.4 is 5.32 Å². The van der Waals surface area contributed by atoms with Crippen LogP contribution in [0.4, 0.5) is 4.79 Å². The second kappa shape index (κ2) is 6.27. The van der Waals surface area contributed by atoms with Crippen LogP contribution >= 0.6 is 0 Å². The summed E-state index contributed by atoms with van der Waals surface area (Å²) in [4.78, 5) is 26.4. The van der Waals surface area contributed by atoms with E-state index in [1.54, 1.807) is 22.9 Å². The predicted octanol–water partition coefficient (Wildman–Crippen LogP) is 1.17. The lowest BCUT2D eigenvalue weighted by molar-refractivity contribution is -0.130. The van der Waals surface area contributed by atoms with Gasteiger partial charge in [0, 0.05) is 39.3 Å². The van der Waals surface area contributed by atoms with E-state index in [-0.39, 0.29) is 11.9 Å². The molecule has 0 saturated carbocycles. The fourth-order valence-corrected chi connectivity index (χ4v) is 1.60. The van der Waals surface area contributed by atoms with Gasteiger partial charge in [0.15, 0.2) is 0 Å². The van der Waals surface area contributed by atoms with E-state index in [4.69, 9.17) is 0 Å². The third-order valence-electron chi connectivity index (χ3n) is 3.01. The van der Waals surface area contributed by atoms with Gasteiger partial charge in [0.2, 0.25) is 5.91 Å². The highest BCUT2D eigenvalue weighted by Crippen LogP contribution is 2.03. The molecule has 1 aliphatic rings. The van der Waals surface area contributed by atoms with E-state index < -0.39 is 0 Å². The molecule has 0 bridgehead atoms.